The van der Waals surface area contributed by atoms with Gasteiger partial charge in [-0.25, -0.2) is 0 Å². The standard InChI is InChI=1S/C11H9NO2/c12-11(14)10-8-4-2-1-3-7(8)5-6-9(10)13/h1-6,10H,(H2,12,14). The van der Waals surface area contributed by atoms with Crippen LogP contribution in [0, 0.1) is 0 Å². The molecule has 0 spiro atoms. The Labute approximate surface area is 81.2 Å². The van der Waals surface area contributed by atoms with Gasteiger partial charge in [-0.1, -0.05) is 30.3 Å². The van der Waals surface area contributed by atoms with E-state index >= 15 is 0 Å². The second-order valence-corrected chi connectivity index (χ2v) is 3.20. The van der Waals surface area contributed by atoms with Crippen LogP contribution in [0.25, 0.3) is 6.08 Å². The molecule has 1 aromatic carbocycles. The fraction of sp³-hybridized carbons (Fsp3) is 0.0909. The highest BCUT2D eigenvalue weighted by molar-refractivity contribution is 6.14. The minimum Gasteiger partial charge on any atom is -0.369 e. The van der Waals surface area contributed by atoms with E-state index in [1.807, 2.05) is 12.1 Å². The number of primary amides is 1. The largest absolute Gasteiger partial charge is 0.369 e. The van der Waals surface area contributed by atoms with Gasteiger partial charge in [0.1, 0.15) is 5.92 Å². The number of hydrogen-bond donors (Lipinski definition) is 1. The molecule has 1 amide bonds. The van der Waals surface area contributed by atoms with Gasteiger partial charge in [-0.05, 0) is 17.2 Å². The average Bonchev–Trinajstić information content (AvgIpc) is 2.17. The van der Waals surface area contributed by atoms with Gasteiger partial charge in [0.2, 0.25) is 5.91 Å². The van der Waals surface area contributed by atoms with Crippen LogP contribution < -0.4 is 5.73 Å². The maximum Gasteiger partial charge on any atom is 0.232 e. The zero-order valence-electron chi connectivity index (χ0n) is 7.44. The summed E-state index contributed by atoms with van der Waals surface area (Å²) in [5.74, 6) is -1.64. The summed E-state index contributed by atoms with van der Waals surface area (Å²) in [6.45, 7) is 0. The second kappa shape index (κ2) is 3.10. The van der Waals surface area contributed by atoms with Crippen molar-refractivity contribution in [1.82, 2.24) is 0 Å². The van der Waals surface area contributed by atoms with E-state index in [1.165, 1.54) is 6.08 Å². The molecule has 1 atom stereocenters. The van der Waals surface area contributed by atoms with Gasteiger partial charge in [0.25, 0.3) is 0 Å². The molecule has 1 aromatic rings. The molecule has 0 aliphatic heterocycles. The van der Waals surface area contributed by atoms with Crippen LogP contribution >= 0.6 is 0 Å². The van der Waals surface area contributed by atoms with Crippen molar-refractivity contribution < 1.29 is 9.59 Å². The Hall–Kier alpha value is -1.90. The van der Waals surface area contributed by atoms with Crippen molar-refractivity contribution in [2.75, 3.05) is 0 Å². The number of allylic oxidation sites excluding steroid dienone is 1. The molecule has 3 heteroatoms. The van der Waals surface area contributed by atoms with Gasteiger partial charge in [-0.3, -0.25) is 9.59 Å². The minimum absolute atomic E-state index is 0.240. The van der Waals surface area contributed by atoms with Gasteiger partial charge >= 0.3 is 0 Å². The van der Waals surface area contributed by atoms with Crippen molar-refractivity contribution in [1.29, 1.82) is 0 Å². The smallest absolute Gasteiger partial charge is 0.232 e. The van der Waals surface area contributed by atoms with E-state index in [-0.39, 0.29) is 5.78 Å². The zero-order chi connectivity index (χ0) is 10.1. The van der Waals surface area contributed by atoms with Crippen molar-refractivity contribution in [3.05, 3.63) is 41.5 Å². The molecule has 70 valence electrons. The molecule has 0 saturated carbocycles. The monoisotopic (exact) mass is 187 g/mol. The summed E-state index contributed by atoms with van der Waals surface area (Å²) in [6.07, 6.45) is 3.11. The molecule has 0 radical (unpaired) electrons. The van der Waals surface area contributed by atoms with E-state index in [4.69, 9.17) is 5.73 Å². The van der Waals surface area contributed by atoms with Gasteiger partial charge in [-0.15, -0.1) is 0 Å². The third-order valence-electron chi connectivity index (χ3n) is 2.30. The molecule has 2 N–H and O–H groups in total. The Balaban J connectivity index is 2.59. The molecule has 2 rings (SSSR count). The van der Waals surface area contributed by atoms with Crippen molar-refractivity contribution in [2.24, 2.45) is 5.73 Å². The van der Waals surface area contributed by atoms with E-state index in [0.29, 0.717) is 5.56 Å². The number of carbonyl (C=O) groups is 2. The molecule has 1 unspecified atom stereocenters. The summed E-state index contributed by atoms with van der Waals surface area (Å²) in [5, 5.41) is 0. The highest BCUT2D eigenvalue weighted by Crippen LogP contribution is 2.26. The molecule has 1 aliphatic carbocycles. The van der Waals surface area contributed by atoms with Gasteiger partial charge in [0.05, 0.1) is 0 Å². The van der Waals surface area contributed by atoms with E-state index in [0.717, 1.165) is 5.56 Å². The number of nitrogens with two attached hydrogens (primary N) is 1. The maximum absolute atomic E-state index is 11.4. The number of benzene rings is 1. The van der Waals surface area contributed by atoms with Gasteiger partial charge in [0, 0.05) is 0 Å². The number of rotatable bonds is 1. The first-order chi connectivity index (χ1) is 6.70. The Morgan fingerprint density at radius 2 is 1.93 bits per heavy atom. The van der Waals surface area contributed by atoms with Crippen LogP contribution in [0.2, 0.25) is 0 Å². The SMILES string of the molecule is NC(=O)C1C(=O)C=Cc2ccccc21. The van der Waals surface area contributed by atoms with Crippen LogP contribution in [-0.2, 0) is 9.59 Å². The number of hydrogen-bond acceptors (Lipinski definition) is 2. The van der Waals surface area contributed by atoms with Crippen molar-refractivity contribution >= 4 is 17.8 Å². The van der Waals surface area contributed by atoms with Gasteiger partial charge < -0.3 is 5.73 Å². The molecule has 0 aromatic heterocycles. The number of carbonyl (C=O) groups excluding carboxylic acids is 2. The summed E-state index contributed by atoms with van der Waals surface area (Å²) in [5.41, 5.74) is 6.77. The number of fused-ring (bicyclic) bond motifs is 1. The van der Waals surface area contributed by atoms with Crippen molar-refractivity contribution in [2.45, 2.75) is 5.92 Å². The summed E-state index contributed by atoms with van der Waals surface area (Å²) in [7, 11) is 0. The van der Waals surface area contributed by atoms with Crippen LogP contribution in [0.1, 0.15) is 17.0 Å². The Morgan fingerprint density at radius 1 is 1.21 bits per heavy atom. The summed E-state index contributed by atoms with van der Waals surface area (Å²) >= 11 is 0. The Bertz CT molecular complexity index is 435. The normalized spacial score (nSPS) is 19.1. The molecule has 0 fully saturated rings. The quantitative estimate of drug-likeness (QED) is 0.662. The lowest BCUT2D eigenvalue weighted by Gasteiger charge is -2.16. The van der Waals surface area contributed by atoms with Crippen LogP contribution in [0.5, 0.6) is 0 Å². The third-order valence-corrected chi connectivity index (χ3v) is 2.30. The molecular weight excluding hydrogens is 178 g/mol. The second-order valence-electron chi connectivity index (χ2n) is 3.20. The maximum atomic E-state index is 11.4. The van der Waals surface area contributed by atoms with Crippen LogP contribution in [0.15, 0.2) is 30.3 Å². The molecule has 14 heavy (non-hydrogen) atoms. The minimum atomic E-state index is -0.809. The summed E-state index contributed by atoms with van der Waals surface area (Å²) in [4.78, 5) is 22.5. The topological polar surface area (TPSA) is 60.2 Å². The van der Waals surface area contributed by atoms with Crippen molar-refractivity contribution in [3.8, 4) is 0 Å². The molecular formula is C11H9NO2. The fourth-order valence-corrected chi connectivity index (χ4v) is 1.64. The lowest BCUT2D eigenvalue weighted by molar-refractivity contribution is -0.126. The predicted octanol–water partition coefficient (Wildman–Crippen LogP) is 0.851. The lowest BCUT2D eigenvalue weighted by atomic mass is 9.86. The first-order valence-electron chi connectivity index (χ1n) is 4.30. The summed E-state index contributed by atoms with van der Waals surface area (Å²) < 4.78 is 0. The van der Waals surface area contributed by atoms with E-state index < -0.39 is 11.8 Å². The average molecular weight is 187 g/mol. The molecule has 0 heterocycles. The zero-order valence-corrected chi connectivity index (χ0v) is 7.44. The Kier molecular flexibility index (Phi) is 1.93. The van der Waals surface area contributed by atoms with Gasteiger partial charge in [-0.2, -0.15) is 0 Å². The molecule has 0 bridgehead atoms. The van der Waals surface area contributed by atoms with Crippen LogP contribution in [-0.4, -0.2) is 11.7 Å². The highest BCUT2D eigenvalue weighted by atomic mass is 16.2. The van der Waals surface area contributed by atoms with E-state index in [2.05, 4.69) is 0 Å². The number of amides is 1. The molecule has 1 aliphatic rings. The van der Waals surface area contributed by atoms with Gasteiger partial charge in [0.15, 0.2) is 5.78 Å². The van der Waals surface area contributed by atoms with E-state index in [9.17, 15) is 9.59 Å². The van der Waals surface area contributed by atoms with Crippen LogP contribution in [0.3, 0.4) is 0 Å². The lowest BCUT2D eigenvalue weighted by Crippen LogP contribution is -2.29. The molecule has 0 saturated heterocycles. The first kappa shape index (κ1) is 8.69. The predicted molar refractivity (Wildman–Crippen MR) is 52.4 cm³/mol. The highest BCUT2D eigenvalue weighted by Gasteiger charge is 2.28. The van der Waals surface area contributed by atoms with Crippen LogP contribution in [0.4, 0.5) is 0 Å². The first-order valence-corrected chi connectivity index (χ1v) is 4.30. The summed E-state index contributed by atoms with van der Waals surface area (Å²) in [6, 6.07) is 7.26. The van der Waals surface area contributed by atoms with Crippen molar-refractivity contribution in [3.63, 3.8) is 0 Å². The number of ketones is 1. The van der Waals surface area contributed by atoms with E-state index in [1.54, 1.807) is 18.2 Å². The third kappa shape index (κ3) is 1.23. The molecule has 3 nitrogen and oxygen atoms in total. The fourth-order valence-electron chi connectivity index (χ4n) is 1.64. The Morgan fingerprint density at radius 3 is 2.64 bits per heavy atom.